The first kappa shape index (κ1) is 28.5. The average molecular weight is 669 g/mol. The highest BCUT2D eigenvalue weighted by molar-refractivity contribution is 7.99. The van der Waals surface area contributed by atoms with E-state index in [0.717, 1.165) is 27.5 Å². The third-order valence-electron chi connectivity index (χ3n) is 10.5. The van der Waals surface area contributed by atoms with Crippen LogP contribution in [0.4, 0.5) is 0 Å². The van der Waals surface area contributed by atoms with Gasteiger partial charge in [-0.2, -0.15) is 9.97 Å². The maximum atomic E-state index is 5.22. The molecule has 1 aliphatic carbocycles. The molecule has 0 fully saturated rings. The molecule has 0 radical (unpaired) electrons. The summed E-state index contributed by atoms with van der Waals surface area (Å²) in [4.78, 5) is 18.0. The Bertz CT molecular complexity index is 2740. The molecular formula is C46H28N4S. The summed E-state index contributed by atoms with van der Waals surface area (Å²) in [6, 6.07) is 60.7. The summed E-state index contributed by atoms with van der Waals surface area (Å²) in [6.07, 6.45) is 0. The molecule has 0 unspecified atom stereocenters. The van der Waals surface area contributed by atoms with Gasteiger partial charge in [0.25, 0.3) is 0 Å². The molecule has 9 aromatic rings. The second-order valence-electron chi connectivity index (χ2n) is 13.2. The number of nitrogens with zero attached hydrogens (tertiary/aromatic N) is 4. The lowest BCUT2D eigenvalue weighted by atomic mass is 9.67. The van der Waals surface area contributed by atoms with Gasteiger partial charge < -0.3 is 0 Å². The minimum Gasteiger partial charge on any atom is -0.278 e. The van der Waals surface area contributed by atoms with E-state index in [0.29, 0.717) is 17.6 Å². The smallest absolute Gasteiger partial charge is 0.238 e. The van der Waals surface area contributed by atoms with Gasteiger partial charge in [-0.3, -0.25) is 4.57 Å². The molecule has 238 valence electrons. The first-order valence-corrected chi connectivity index (χ1v) is 18.0. The van der Waals surface area contributed by atoms with Crippen LogP contribution in [0.15, 0.2) is 180 Å². The van der Waals surface area contributed by atoms with Crippen molar-refractivity contribution < 1.29 is 0 Å². The van der Waals surface area contributed by atoms with E-state index in [1.54, 1.807) is 0 Å². The predicted molar refractivity (Wildman–Crippen MR) is 206 cm³/mol. The predicted octanol–water partition coefficient (Wildman–Crippen LogP) is 11.1. The molecular weight excluding hydrogens is 641 g/mol. The molecule has 2 aromatic heterocycles. The summed E-state index contributed by atoms with van der Waals surface area (Å²) < 4.78 is 2.25. The monoisotopic (exact) mass is 668 g/mol. The largest absolute Gasteiger partial charge is 0.278 e. The van der Waals surface area contributed by atoms with E-state index < -0.39 is 5.41 Å². The van der Waals surface area contributed by atoms with Crippen LogP contribution in [0.1, 0.15) is 22.3 Å². The Morgan fingerprint density at radius 2 is 0.961 bits per heavy atom. The van der Waals surface area contributed by atoms with E-state index in [1.807, 2.05) is 48.2 Å². The van der Waals surface area contributed by atoms with Crippen molar-refractivity contribution in [3.63, 3.8) is 0 Å². The van der Waals surface area contributed by atoms with Crippen molar-refractivity contribution in [3.05, 3.63) is 192 Å². The molecule has 0 N–H and O–H groups in total. The zero-order valence-electron chi connectivity index (χ0n) is 27.4. The molecule has 1 aliphatic heterocycles. The Morgan fingerprint density at radius 1 is 0.412 bits per heavy atom. The van der Waals surface area contributed by atoms with Gasteiger partial charge in [0.15, 0.2) is 11.6 Å². The lowest BCUT2D eigenvalue weighted by Gasteiger charge is -2.39. The number of benzene rings is 7. The van der Waals surface area contributed by atoms with E-state index >= 15 is 0 Å². The van der Waals surface area contributed by atoms with E-state index in [1.165, 1.54) is 48.6 Å². The minimum absolute atomic E-state index is 0.483. The van der Waals surface area contributed by atoms with Crippen LogP contribution in [0.25, 0.3) is 61.7 Å². The molecule has 0 amide bonds. The molecule has 5 heteroatoms. The third-order valence-corrected chi connectivity index (χ3v) is 11.7. The van der Waals surface area contributed by atoms with Gasteiger partial charge >= 0.3 is 0 Å². The first-order chi connectivity index (χ1) is 25.3. The Balaban J connectivity index is 1.27. The standard InChI is InChI=1S/C46H28N4S/c1-3-15-29(16-4-1)43-47-44(30-17-5-2-6-18-30)49-45(48-43)50-39-24-12-8-20-32(39)34-27-33-31-19-7-9-21-35(31)46(38(33)28-40(34)50)36-22-10-13-25-41(36)51-42-26-14-11-23-37(42)46/h1-28H. The topological polar surface area (TPSA) is 43.6 Å². The summed E-state index contributed by atoms with van der Waals surface area (Å²) >= 11 is 1.87. The molecule has 4 nitrogen and oxygen atoms in total. The second kappa shape index (κ2) is 10.8. The molecule has 0 bridgehead atoms. The van der Waals surface area contributed by atoms with Crippen LogP contribution in [0.5, 0.6) is 0 Å². The van der Waals surface area contributed by atoms with Gasteiger partial charge in [0.05, 0.1) is 16.4 Å². The highest BCUT2D eigenvalue weighted by Gasteiger charge is 2.50. The lowest BCUT2D eigenvalue weighted by molar-refractivity contribution is 0.723. The summed E-state index contributed by atoms with van der Waals surface area (Å²) in [5, 5.41) is 2.34. The number of hydrogen-bond donors (Lipinski definition) is 0. The number of hydrogen-bond acceptors (Lipinski definition) is 4. The molecule has 0 saturated heterocycles. The van der Waals surface area contributed by atoms with Crippen LogP contribution in [0.2, 0.25) is 0 Å². The van der Waals surface area contributed by atoms with Crippen LogP contribution in [0.3, 0.4) is 0 Å². The van der Waals surface area contributed by atoms with Crippen LogP contribution in [0, 0.1) is 0 Å². The summed E-state index contributed by atoms with van der Waals surface area (Å²) in [5.74, 6) is 1.88. The number of fused-ring (bicyclic) bond motifs is 12. The Morgan fingerprint density at radius 3 is 1.63 bits per heavy atom. The normalized spacial score (nSPS) is 13.6. The van der Waals surface area contributed by atoms with Gasteiger partial charge in [0, 0.05) is 31.7 Å². The van der Waals surface area contributed by atoms with Gasteiger partial charge in [0.1, 0.15) is 0 Å². The van der Waals surface area contributed by atoms with E-state index in [2.05, 4.69) is 138 Å². The Kier molecular flexibility index (Phi) is 6.07. The van der Waals surface area contributed by atoms with Crippen LogP contribution >= 0.6 is 11.8 Å². The minimum atomic E-state index is -0.483. The maximum Gasteiger partial charge on any atom is 0.238 e. The molecule has 11 rings (SSSR count). The molecule has 3 heterocycles. The highest BCUT2D eigenvalue weighted by Crippen LogP contribution is 2.62. The van der Waals surface area contributed by atoms with Crippen molar-refractivity contribution in [2.75, 3.05) is 0 Å². The quantitative estimate of drug-likeness (QED) is 0.188. The summed E-state index contributed by atoms with van der Waals surface area (Å²) in [7, 11) is 0. The van der Waals surface area contributed by atoms with E-state index in [-0.39, 0.29) is 0 Å². The van der Waals surface area contributed by atoms with Crippen molar-refractivity contribution in [2.45, 2.75) is 15.2 Å². The molecule has 51 heavy (non-hydrogen) atoms. The van der Waals surface area contributed by atoms with Crippen molar-refractivity contribution in [1.29, 1.82) is 0 Å². The van der Waals surface area contributed by atoms with Crippen LogP contribution < -0.4 is 0 Å². The summed E-state index contributed by atoms with van der Waals surface area (Å²) in [5.41, 5.74) is 11.3. The van der Waals surface area contributed by atoms with Crippen molar-refractivity contribution in [2.24, 2.45) is 0 Å². The number of para-hydroxylation sites is 1. The fourth-order valence-corrected chi connectivity index (χ4v) is 9.62. The lowest BCUT2D eigenvalue weighted by Crippen LogP contribution is -2.31. The maximum absolute atomic E-state index is 5.22. The average Bonchev–Trinajstić information content (AvgIpc) is 3.68. The zero-order valence-corrected chi connectivity index (χ0v) is 28.2. The number of aromatic nitrogens is 4. The molecule has 0 saturated carbocycles. The van der Waals surface area contributed by atoms with Gasteiger partial charge in [-0.25, -0.2) is 4.98 Å². The Labute approximate surface area is 299 Å². The van der Waals surface area contributed by atoms with E-state index in [9.17, 15) is 0 Å². The zero-order chi connectivity index (χ0) is 33.5. The van der Waals surface area contributed by atoms with E-state index in [4.69, 9.17) is 15.0 Å². The number of rotatable bonds is 3. The third kappa shape index (κ3) is 4.01. The second-order valence-corrected chi connectivity index (χ2v) is 14.3. The molecule has 7 aromatic carbocycles. The van der Waals surface area contributed by atoms with Crippen molar-refractivity contribution in [3.8, 4) is 39.9 Å². The van der Waals surface area contributed by atoms with Gasteiger partial charge in [-0.15, -0.1) is 0 Å². The molecule has 1 spiro atoms. The fourth-order valence-electron chi connectivity index (χ4n) is 8.43. The van der Waals surface area contributed by atoms with Gasteiger partial charge in [-0.05, 0) is 63.7 Å². The van der Waals surface area contributed by atoms with Gasteiger partial charge in [-0.1, -0.05) is 151 Å². The summed E-state index contributed by atoms with van der Waals surface area (Å²) in [6.45, 7) is 0. The first-order valence-electron chi connectivity index (χ1n) is 17.2. The van der Waals surface area contributed by atoms with Crippen LogP contribution in [-0.4, -0.2) is 19.5 Å². The molecule has 2 aliphatic rings. The van der Waals surface area contributed by atoms with Gasteiger partial charge in [0.2, 0.25) is 5.95 Å². The van der Waals surface area contributed by atoms with Crippen molar-refractivity contribution >= 4 is 33.6 Å². The molecule has 0 atom stereocenters. The SMILES string of the molecule is c1ccc(-c2nc(-c3ccccc3)nc(-n3c4ccccc4c4cc5c(cc43)C3(c4ccccc4Sc4ccccc43)c3ccccc3-5)n2)cc1. The Hall–Kier alpha value is -6.30. The highest BCUT2D eigenvalue weighted by atomic mass is 32.2. The van der Waals surface area contributed by atoms with Crippen molar-refractivity contribution in [1.82, 2.24) is 19.5 Å². The fraction of sp³-hybridized carbons (Fsp3) is 0.0217. The van der Waals surface area contributed by atoms with Crippen LogP contribution in [-0.2, 0) is 5.41 Å².